The van der Waals surface area contributed by atoms with E-state index in [1.807, 2.05) is 24.3 Å². The van der Waals surface area contributed by atoms with Gasteiger partial charge in [0, 0.05) is 11.2 Å². The summed E-state index contributed by atoms with van der Waals surface area (Å²) in [4.78, 5) is 24.6. The number of amides is 2. The molecular formula is C16H21N3O2. The lowest BCUT2D eigenvalue weighted by Gasteiger charge is -2.34. The van der Waals surface area contributed by atoms with Crippen LogP contribution in [0.3, 0.4) is 0 Å². The smallest absolute Gasteiger partial charge is 0.246 e. The van der Waals surface area contributed by atoms with Crippen molar-refractivity contribution in [3.63, 3.8) is 0 Å². The molecule has 2 aliphatic rings. The molecule has 1 saturated heterocycles. The van der Waals surface area contributed by atoms with Crippen LogP contribution in [0.25, 0.3) is 0 Å². The molecule has 1 aromatic rings. The number of piperazine rings is 1. The Morgan fingerprint density at radius 1 is 0.952 bits per heavy atom. The van der Waals surface area contributed by atoms with E-state index in [1.165, 1.54) is 19.3 Å². The van der Waals surface area contributed by atoms with Crippen LogP contribution in [0, 0.1) is 0 Å². The SMILES string of the molecule is NC1(c2ccc(N3CC(=O)NC(=O)C3)cc2)CCCCC1. The minimum absolute atomic E-state index is 0.216. The average molecular weight is 287 g/mol. The Hall–Kier alpha value is -1.88. The number of carbonyl (C=O) groups is 2. The van der Waals surface area contributed by atoms with Crippen molar-refractivity contribution in [1.82, 2.24) is 5.32 Å². The molecule has 1 aromatic carbocycles. The second-order valence-corrected chi connectivity index (χ2v) is 6.09. The van der Waals surface area contributed by atoms with Crippen molar-refractivity contribution >= 4 is 17.5 Å². The molecule has 2 amide bonds. The maximum absolute atomic E-state index is 11.4. The van der Waals surface area contributed by atoms with Gasteiger partial charge in [0.05, 0.1) is 13.1 Å². The van der Waals surface area contributed by atoms with Crippen LogP contribution in [0.1, 0.15) is 37.7 Å². The molecule has 2 fully saturated rings. The zero-order valence-corrected chi connectivity index (χ0v) is 12.1. The fourth-order valence-corrected chi connectivity index (χ4v) is 3.30. The van der Waals surface area contributed by atoms with Crippen molar-refractivity contribution in [3.8, 4) is 0 Å². The topological polar surface area (TPSA) is 75.4 Å². The van der Waals surface area contributed by atoms with Crippen LogP contribution in [0.5, 0.6) is 0 Å². The molecule has 0 unspecified atom stereocenters. The van der Waals surface area contributed by atoms with E-state index in [2.05, 4.69) is 5.32 Å². The fourth-order valence-electron chi connectivity index (χ4n) is 3.30. The van der Waals surface area contributed by atoms with Gasteiger partial charge in [0.15, 0.2) is 0 Å². The molecule has 0 aromatic heterocycles. The Balaban J connectivity index is 1.77. The van der Waals surface area contributed by atoms with Crippen LogP contribution in [0.15, 0.2) is 24.3 Å². The molecular weight excluding hydrogens is 266 g/mol. The van der Waals surface area contributed by atoms with Gasteiger partial charge in [-0.1, -0.05) is 31.4 Å². The minimum Gasteiger partial charge on any atom is -0.353 e. The third-order valence-corrected chi connectivity index (χ3v) is 4.50. The Morgan fingerprint density at radius 2 is 1.52 bits per heavy atom. The van der Waals surface area contributed by atoms with Crippen molar-refractivity contribution in [2.45, 2.75) is 37.6 Å². The first-order chi connectivity index (χ1) is 10.1. The van der Waals surface area contributed by atoms with E-state index in [1.54, 1.807) is 4.90 Å². The van der Waals surface area contributed by atoms with Gasteiger partial charge in [0.25, 0.3) is 0 Å². The zero-order chi connectivity index (χ0) is 14.9. The van der Waals surface area contributed by atoms with Crippen LogP contribution in [0.4, 0.5) is 5.69 Å². The van der Waals surface area contributed by atoms with E-state index in [0.717, 1.165) is 24.1 Å². The van der Waals surface area contributed by atoms with Gasteiger partial charge in [-0.3, -0.25) is 14.9 Å². The van der Waals surface area contributed by atoms with Crippen molar-refractivity contribution in [2.75, 3.05) is 18.0 Å². The van der Waals surface area contributed by atoms with Gasteiger partial charge in [-0.25, -0.2) is 0 Å². The van der Waals surface area contributed by atoms with Crippen LogP contribution >= 0.6 is 0 Å². The summed E-state index contributed by atoms with van der Waals surface area (Å²) in [5.74, 6) is -0.504. The third-order valence-electron chi connectivity index (χ3n) is 4.50. The molecule has 21 heavy (non-hydrogen) atoms. The summed E-state index contributed by atoms with van der Waals surface area (Å²) in [7, 11) is 0. The number of hydrogen-bond acceptors (Lipinski definition) is 4. The van der Waals surface area contributed by atoms with Crippen LogP contribution in [-0.4, -0.2) is 24.9 Å². The summed E-state index contributed by atoms with van der Waals surface area (Å²) in [6.45, 7) is 0.442. The summed E-state index contributed by atoms with van der Waals surface area (Å²) in [5, 5.41) is 2.31. The number of imide groups is 1. The van der Waals surface area contributed by atoms with E-state index in [4.69, 9.17) is 5.73 Å². The van der Waals surface area contributed by atoms with Crippen LogP contribution in [0.2, 0.25) is 0 Å². The molecule has 1 heterocycles. The normalized spacial score (nSPS) is 22.0. The highest BCUT2D eigenvalue weighted by Crippen LogP contribution is 2.35. The Morgan fingerprint density at radius 3 is 2.10 bits per heavy atom. The molecule has 112 valence electrons. The van der Waals surface area contributed by atoms with E-state index >= 15 is 0 Å². The summed E-state index contributed by atoms with van der Waals surface area (Å²) < 4.78 is 0. The van der Waals surface area contributed by atoms with Gasteiger partial charge in [0.2, 0.25) is 11.8 Å². The molecule has 3 N–H and O–H groups in total. The van der Waals surface area contributed by atoms with Gasteiger partial charge in [-0.15, -0.1) is 0 Å². The van der Waals surface area contributed by atoms with Crippen molar-refractivity contribution in [2.24, 2.45) is 5.73 Å². The fraction of sp³-hybridized carbons (Fsp3) is 0.500. The lowest BCUT2D eigenvalue weighted by molar-refractivity contribution is -0.130. The number of nitrogens with zero attached hydrogens (tertiary/aromatic N) is 1. The minimum atomic E-state index is -0.252. The monoisotopic (exact) mass is 287 g/mol. The standard InChI is InChI=1S/C16H21N3O2/c17-16(8-2-1-3-9-16)12-4-6-13(7-5-12)19-10-14(20)18-15(21)11-19/h4-7H,1-3,8-11,17H2,(H,18,20,21). The maximum atomic E-state index is 11.4. The number of hydrogen-bond donors (Lipinski definition) is 2. The predicted molar refractivity (Wildman–Crippen MR) is 80.8 cm³/mol. The summed E-state index contributed by atoms with van der Waals surface area (Å²) in [6.07, 6.45) is 5.67. The summed E-state index contributed by atoms with van der Waals surface area (Å²) in [6, 6.07) is 8.00. The Bertz CT molecular complexity index is 531. The van der Waals surface area contributed by atoms with E-state index in [0.29, 0.717) is 0 Å². The Kier molecular flexibility index (Phi) is 3.68. The second-order valence-electron chi connectivity index (χ2n) is 6.09. The van der Waals surface area contributed by atoms with Gasteiger partial charge < -0.3 is 10.6 Å². The number of rotatable bonds is 2. The largest absolute Gasteiger partial charge is 0.353 e. The molecule has 5 nitrogen and oxygen atoms in total. The summed E-state index contributed by atoms with van der Waals surface area (Å²) in [5.41, 5.74) is 8.35. The van der Waals surface area contributed by atoms with E-state index in [-0.39, 0.29) is 30.4 Å². The molecule has 1 saturated carbocycles. The first-order valence-corrected chi connectivity index (χ1v) is 7.54. The lowest BCUT2D eigenvalue weighted by atomic mass is 9.77. The van der Waals surface area contributed by atoms with Gasteiger partial charge in [-0.2, -0.15) is 0 Å². The highest BCUT2D eigenvalue weighted by atomic mass is 16.2. The number of nitrogens with one attached hydrogen (secondary N) is 1. The average Bonchev–Trinajstić information content (AvgIpc) is 2.47. The van der Waals surface area contributed by atoms with Crippen molar-refractivity contribution < 1.29 is 9.59 Å². The van der Waals surface area contributed by atoms with Crippen LogP contribution < -0.4 is 16.0 Å². The zero-order valence-electron chi connectivity index (χ0n) is 12.1. The second kappa shape index (κ2) is 5.48. The number of nitrogens with two attached hydrogens (primary N) is 1. The molecule has 1 aliphatic carbocycles. The predicted octanol–water partition coefficient (Wildman–Crippen LogP) is 1.27. The first-order valence-electron chi connectivity index (χ1n) is 7.54. The highest BCUT2D eigenvalue weighted by Gasteiger charge is 2.29. The van der Waals surface area contributed by atoms with Gasteiger partial charge >= 0.3 is 0 Å². The van der Waals surface area contributed by atoms with Crippen molar-refractivity contribution in [1.29, 1.82) is 0 Å². The van der Waals surface area contributed by atoms with Gasteiger partial charge in [0.1, 0.15) is 0 Å². The quantitative estimate of drug-likeness (QED) is 0.803. The molecule has 1 aliphatic heterocycles. The first kappa shape index (κ1) is 14.1. The number of benzene rings is 1. The third kappa shape index (κ3) is 2.93. The highest BCUT2D eigenvalue weighted by molar-refractivity contribution is 6.02. The summed E-state index contributed by atoms with van der Waals surface area (Å²) >= 11 is 0. The lowest BCUT2D eigenvalue weighted by Crippen LogP contribution is -2.51. The van der Waals surface area contributed by atoms with Crippen LogP contribution in [-0.2, 0) is 15.1 Å². The molecule has 0 bridgehead atoms. The number of carbonyl (C=O) groups excluding carboxylic acids is 2. The van der Waals surface area contributed by atoms with Crippen molar-refractivity contribution in [3.05, 3.63) is 29.8 Å². The molecule has 0 atom stereocenters. The maximum Gasteiger partial charge on any atom is 0.246 e. The molecule has 3 rings (SSSR count). The Labute approximate surface area is 124 Å². The van der Waals surface area contributed by atoms with E-state index < -0.39 is 0 Å². The van der Waals surface area contributed by atoms with E-state index in [9.17, 15) is 9.59 Å². The molecule has 0 radical (unpaired) electrons. The van der Waals surface area contributed by atoms with Gasteiger partial charge in [-0.05, 0) is 30.5 Å². The number of anilines is 1. The molecule has 5 heteroatoms. The molecule has 0 spiro atoms.